The Kier molecular flexibility index (Phi) is 3.72. The van der Waals surface area contributed by atoms with Crippen LogP contribution in [0.3, 0.4) is 0 Å². The van der Waals surface area contributed by atoms with Gasteiger partial charge in [-0.25, -0.2) is 0 Å². The SMILES string of the molecule is CN(C)c1nc(N)nc(CCc2ccccc2)n1. The number of aryl methyl sites for hydroxylation is 2. The minimum atomic E-state index is 0.275. The number of nitrogen functional groups attached to an aromatic ring is 1. The van der Waals surface area contributed by atoms with Crippen LogP contribution in [0, 0.1) is 0 Å². The highest BCUT2D eigenvalue weighted by atomic mass is 15.3. The fourth-order valence-corrected chi connectivity index (χ4v) is 1.64. The Hall–Kier alpha value is -2.17. The van der Waals surface area contributed by atoms with E-state index in [2.05, 4.69) is 27.1 Å². The summed E-state index contributed by atoms with van der Waals surface area (Å²) in [7, 11) is 3.77. The van der Waals surface area contributed by atoms with Gasteiger partial charge in [0.15, 0.2) is 0 Å². The van der Waals surface area contributed by atoms with E-state index < -0.39 is 0 Å². The summed E-state index contributed by atoms with van der Waals surface area (Å²) in [6, 6.07) is 10.3. The lowest BCUT2D eigenvalue weighted by molar-refractivity contribution is 0.828. The van der Waals surface area contributed by atoms with E-state index in [1.54, 1.807) is 0 Å². The minimum absolute atomic E-state index is 0.275. The second-order valence-corrected chi connectivity index (χ2v) is 4.29. The zero-order valence-corrected chi connectivity index (χ0v) is 10.7. The molecule has 1 aromatic carbocycles. The van der Waals surface area contributed by atoms with Gasteiger partial charge in [-0.05, 0) is 12.0 Å². The first kappa shape index (κ1) is 12.3. The average Bonchev–Trinajstić information content (AvgIpc) is 2.37. The summed E-state index contributed by atoms with van der Waals surface area (Å²) in [5.74, 6) is 1.61. The Morgan fingerprint density at radius 3 is 2.39 bits per heavy atom. The number of benzene rings is 1. The molecule has 0 radical (unpaired) electrons. The predicted molar refractivity (Wildman–Crippen MR) is 72.4 cm³/mol. The number of hydrogen-bond acceptors (Lipinski definition) is 5. The van der Waals surface area contributed by atoms with Crippen LogP contribution in [0.2, 0.25) is 0 Å². The molecule has 2 N–H and O–H groups in total. The molecule has 0 bridgehead atoms. The normalized spacial score (nSPS) is 10.3. The molecule has 2 rings (SSSR count). The van der Waals surface area contributed by atoms with E-state index in [0.717, 1.165) is 18.7 Å². The summed E-state index contributed by atoms with van der Waals surface area (Å²) in [6.45, 7) is 0. The lowest BCUT2D eigenvalue weighted by atomic mass is 10.1. The first-order chi connectivity index (χ1) is 8.65. The van der Waals surface area contributed by atoms with Crippen LogP contribution < -0.4 is 10.6 Å². The number of aromatic nitrogens is 3. The molecule has 0 unspecified atom stereocenters. The van der Waals surface area contributed by atoms with Gasteiger partial charge in [-0.1, -0.05) is 30.3 Å². The largest absolute Gasteiger partial charge is 0.368 e. The second-order valence-electron chi connectivity index (χ2n) is 4.29. The molecule has 18 heavy (non-hydrogen) atoms. The van der Waals surface area contributed by atoms with Crippen molar-refractivity contribution in [2.24, 2.45) is 0 Å². The molecule has 1 aromatic heterocycles. The Morgan fingerprint density at radius 1 is 1.00 bits per heavy atom. The van der Waals surface area contributed by atoms with Crippen molar-refractivity contribution in [2.45, 2.75) is 12.8 Å². The maximum absolute atomic E-state index is 5.68. The standard InChI is InChI=1S/C13H17N5/c1-18(2)13-16-11(15-12(14)17-13)9-8-10-6-4-3-5-7-10/h3-7H,8-9H2,1-2H3,(H2,14,15,16,17). The number of nitrogens with zero attached hydrogens (tertiary/aromatic N) is 4. The van der Waals surface area contributed by atoms with Crippen molar-refractivity contribution in [3.05, 3.63) is 41.7 Å². The summed E-state index contributed by atoms with van der Waals surface area (Å²) >= 11 is 0. The van der Waals surface area contributed by atoms with E-state index in [0.29, 0.717) is 5.95 Å². The Balaban J connectivity index is 2.10. The first-order valence-corrected chi connectivity index (χ1v) is 5.87. The molecule has 2 aromatic rings. The molecule has 0 saturated carbocycles. The van der Waals surface area contributed by atoms with Crippen LogP contribution in [0.25, 0.3) is 0 Å². The molecule has 0 saturated heterocycles. The summed E-state index contributed by atoms with van der Waals surface area (Å²) < 4.78 is 0. The third-order valence-electron chi connectivity index (χ3n) is 2.57. The molecule has 0 aliphatic carbocycles. The fourth-order valence-electron chi connectivity index (χ4n) is 1.64. The lowest BCUT2D eigenvalue weighted by Gasteiger charge is -2.11. The van der Waals surface area contributed by atoms with Gasteiger partial charge in [-0.3, -0.25) is 0 Å². The molecule has 5 heteroatoms. The molecular weight excluding hydrogens is 226 g/mol. The highest BCUT2D eigenvalue weighted by molar-refractivity contribution is 5.32. The summed E-state index contributed by atoms with van der Waals surface area (Å²) in [4.78, 5) is 14.4. The van der Waals surface area contributed by atoms with Crippen LogP contribution in [-0.4, -0.2) is 29.0 Å². The zero-order valence-electron chi connectivity index (χ0n) is 10.7. The van der Waals surface area contributed by atoms with Crippen molar-refractivity contribution in [2.75, 3.05) is 24.7 Å². The number of hydrogen-bond donors (Lipinski definition) is 1. The van der Waals surface area contributed by atoms with Gasteiger partial charge in [0, 0.05) is 20.5 Å². The summed E-state index contributed by atoms with van der Waals surface area (Å²) in [5, 5.41) is 0. The van der Waals surface area contributed by atoms with Gasteiger partial charge in [0.25, 0.3) is 0 Å². The Bertz CT molecular complexity index is 510. The fraction of sp³-hybridized carbons (Fsp3) is 0.308. The highest BCUT2D eigenvalue weighted by Crippen LogP contribution is 2.08. The third kappa shape index (κ3) is 3.16. The topological polar surface area (TPSA) is 67.9 Å². The van der Waals surface area contributed by atoms with Crippen molar-refractivity contribution in [3.8, 4) is 0 Å². The van der Waals surface area contributed by atoms with Crippen molar-refractivity contribution < 1.29 is 0 Å². The van der Waals surface area contributed by atoms with Gasteiger partial charge < -0.3 is 10.6 Å². The van der Waals surface area contributed by atoms with Crippen molar-refractivity contribution in [3.63, 3.8) is 0 Å². The summed E-state index contributed by atoms with van der Waals surface area (Å²) in [5.41, 5.74) is 6.94. The van der Waals surface area contributed by atoms with Gasteiger partial charge in [0.2, 0.25) is 11.9 Å². The van der Waals surface area contributed by atoms with Crippen molar-refractivity contribution in [1.29, 1.82) is 0 Å². The van der Waals surface area contributed by atoms with E-state index >= 15 is 0 Å². The van der Waals surface area contributed by atoms with Crippen LogP contribution in [0.15, 0.2) is 30.3 Å². The number of rotatable bonds is 4. The Morgan fingerprint density at radius 2 is 1.72 bits per heavy atom. The predicted octanol–water partition coefficient (Wildman–Crippen LogP) is 1.30. The van der Waals surface area contributed by atoms with E-state index in [-0.39, 0.29) is 5.95 Å². The van der Waals surface area contributed by atoms with Crippen LogP contribution in [0.5, 0.6) is 0 Å². The van der Waals surface area contributed by atoms with E-state index in [1.807, 2.05) is 37.2 Å². The highest BCUT2D eigenvalue weighted by Gasteiger charge is 2.06. The monoisotopic (exact) mass is 243 g/mol. The van der Waals surface area contributed by atoms with E-state index in [4.69, 9.17) is 5.73 Å². The van der Waals surface area contributed by atoms with Gasteiger partial charge in [-0.15, -0.1) is 0 Å². The molecule has 0 atom stereocenters. The van der Waals surface area contributed by atoms with Crippen LogP contribution in [0.4, 0.5) is 11.9 Å². The van der Waals surface area contributed by atoms with Crippen molar-refractivity contribution in [1.82, 2.24) is 15.0 Å². The molecule has 0 aliphatic heterocycles. The van der Waals surface area contributed by atoms with Crippen LogP contribution in [-0.2, 0) is 12.8 Å². The number of anilines is 2. The van der Waals surface area contributed by atoms with Crippen LogP contribution >= 0.6 is 0 Å². The van der Waals surface area contributed by atoms with Crippen molar-refractivity contribution >= 4 is 11.9 Å². The molecule has 0 fully saturated rings. The smallest absolute Gasteiger partial charge is 0.229 e. The molecule has 94 valence electrons. The molecule has 0 aliphatic rings. The zero-order chi connectivity index (χ0) is 13.0. The van der Waals surface area contributed by atoms with Gasteiger partial charge in [0.05, 0.1) is 0 Å². The van der Waals surface area contributed by atoms with Crippen LogP contribution in [0.1, 0.15) is 11.4 Å². The maximum Gasteiger partial charge on any atom is 0.229 e. The first-order valence-electron chi connectivity index (χ1n) is 5.87. The van der Waals surface area contributed by atoms with E-state index in [1.165, 1.54) is 5.56 Å². The van der Waals surface area contributed by atoms with Gasteiger partial charge in [-0.2, -0.15) is 15.0 Å². The van der Waals surface area contributed by atoms with Gasteiger partial charge >= 0.3 is 0 Å². The second kappa shape index (κ2) is 5.44. The molecule has 0 amide bonds. The molecule has 1 heterocycles. The minimum Gasteiger partial charge on any atom is -0.368 e. The van der Waals surface area contributed by atoms with Gasteiger partial charge in [0.1, 0.15) is 5.82 Å². The lowest BCUT2D eigenvalue weighted by Crippen LogP contribution is -2.16. The molecule has 0 spiro atoms. The summed E-state index contributed by atoms with van der Waals surface area (Å²) in [6.07, 6.45) is 1.66. The number of nitrogens with two attached hydrogens (primary N) is 1. The molecular formula is C13H17N5. The Labute approximate surface area is 107 Å². The quantitative estimate of drug-likeness (QED) is 0.876. The average molecular weight is 243 g/mol. The molecule has 5 nitrogen and oxygen atoms in total. The maximum atomic E-state index is 5.68. The van der Waals surface area contributed by atoms with E-state index in [9.17, 15) is 0 Å². The third-order valence-corrected chi connectivity index (χ3v) is 2.57.